The van der Waals surface area contributed by atoms with Gasteiger partial charge in [0.1, 0.15) is 5.82 Å². The normalized spacial score (nSPS) is 15.0. The van der Waals surface area contributed by atoms with E-state index in [2.05, 4.69) is 5.32 Å². The number of urea groups is 1. The van der Waals surface area contributed by atoms with Gasteiger partial charge in [0.25, 0.3) is 0 Å². The summed E-state index contributed by atoms with van der Waals surface area (Å²) in [6.45, 7) is 0.678. The molecule has 0 atom stereocenters. The third-order valence-corrected chi connectivity index (χ3v) is 4.55. The quantitative estimate of drug-likeness (QED) is 0.817. The monoisotopic (exact) mass is 326 g/mol. The Labute approximate surface area is 142 Å². The Balaban J connectivity index is 1.77. The summed E-state index contributed by atoms with van der Waals surface area (Å²) in [5.41, 5.74) is 1.26. The van der Waals surface area contributed by atoms with Crippen LogP contribution in [0.3, 0.4) is 0 Å². The molecule has 0 aromatic heterocycles. The van der Waals surface area contributed by atoms with Gasteiger partial charge in [0.05, 0.1) is 11.4 Å². The van der Waals surface area contributed by atoms with Crippen molar-refractivity contribution in [2.75, 3.05) is 11.4 Å². The Bertz CT molecular complexity index is 668. The first-order valence-electron chi connectivity index (χ1n) is 8.62. The van der Waals surface area contributed by atoms with Crippen LogP contribution in [-0.2, 0) is 0 Å². The molecule has 3 nitrogen and oxygen atoms in total. The van der Waals surface area contributed by atoms with Crippen LogP contribution in [0.25, 0.3) is 0 Å². The van der Waals surface area contributed by atoms with Crippen molar-refractivity contribution in [2.45, 2.75) is 32.1 Å². The van der Waals surface area contributed by atoms with Gasteiger partial charge >= 0.3 is 6.03 Å². The molecule has 0 radical (unpaired) electrons. The maximum Gasteiger partial charge on any atom is 0.326 e. The standard InChI is InChI=1S/C20H23FN2O/c21-17-10-7-13-19(14-17)23(18-11-5-2-6-12-18)20(24)22-15-16-8-3-1-4-9-16/h2,5-7,10-14,16H,1,3-4,8-9,15H2,(H,22,24). The lowest BCUT2D eigenvalue weighted by molar-refractivity contribution is 0.244. The fraction of sp³-hybridized carbons (Fsp3) is 0.350. The van der Waals surface area contributed by atoms with E-state index >= 15 is 0 Å². The second-order valence-corrected chi connectivity index (χ2v) is 6.34. The number of nitrogens with one attached hydrogen (secondary N) is 1. The van der Waals surface area contributed by atoms with E-state index in [1.807, 2.05) is 30.3 Å². The molecule has 0 bridgehead atoms. The number of hydrogen-bond acceptors (Lipinski definition) is 1. The highest BCUT2D eigenvalue weighted by molar-refractivity contribution is 5.99. The molecule has 2 aromatic rings. The molecule has 0 spiro atoms. The Hall–Kier alpha value is -2.36. The molecule has 1 aliphatic rings. The van der Waals surface area contributed by atoms with Crippen molar-refractivity contribution in [1.29, 1.82) is 0 Å². The van der Waals surface area contributed by atoms with Crippen molar-refractivity contribution >= 4 is 17.4 Å². The molecule has 1 fully saturated rings. The predicted octanol–water partition coefficient (Wildman–Crippen LogP) is 5.25. The second-order valence-electron chi connectivity index (χ2n) is 6.34. The molecule has 1 aliphatic carbocycles. The van der Waals surface area contributed by atoms with E-state index in [9.17, 15) is 9.18 Å². The van der Waals surface area contributed by atoms with Gasteiger partial charge in [-0.05, 0) is 49.1 Å². The average molecular weight is 326 g/mol. The number of halogens is 1. The third kappa shape index (κ3) is 4.13. The Morgan fingerprint density at radius 2 is 1.71 bits per heavy atom. The summed E-state index contributed by atoms with van der Waals surface area (Å²) >= 11 is 0. The molecule has 4 heteroatoms. The molecule has 2 aromatic carbocycles. The van der Waals surface area contributed by atoms with Crippen molar-refractivity contribution in [3.63, 3.8) is 0 Å². The van der Waals surface area contributed by atoms with Crippen LogP contribution in [0.5, 0.6) is 0 Å². The van der Waals surface area contributed by atoms with E-state index in [0.29, 0.717) is 18.2 Å². The van der Waals surface area contributed by atoms with Crippen LogP contribution in [0.15, 0.2) is 54.6 Å². The maximum absolute atomic E-state index is 13.6. The minimum absolute atomic E-state index is 0.211. The lowest BCUT2D eigenvalue weighted by Crippen LogP contribution is -2.39. The molecule has 0 aliphatic heterocycles. The van der Waals surface area contributed by atoms with Crippen molar-refractivity contribution in [3.8, 4) is 0 Å². The van der Waals surface area contributed by atoms with E-state index in [1.165, 1.54) is 49.1 Å². The highest BCUT2D eigenvalue weighted by atomic mass is 19.1. The number of benzene rings is 2. The molecule has 2 amide bonds. The number of para-hydroxylation sites is 1. The smallest absolute Gasteiger partial charge is 0.326 e. The fourth-order valence-electron chi connectivity index (χ4n) is 3.28. The number of carbonyl (C=O) groups excluding carboxylic acids is 1. The van der Waals surface area contributed by atoms with E-state index < -0.39 is 0 Å². The highest BCUT2D eigenvalue weighted by Gasteiger charge is 2.20. The minimum Gasteiger partial charge on any atom is -0.337 e. The predicted molar refractivity (Wildman–Crippen MR) is 95.0 cm³/mol. The van der Waals surface area contributed by atoms with Gasteiger partial charge in [-0.1, -0.05) is 43.5 Å². The summed E-state index contributed by atoms with van der Waals surface area (Å²) in [7, 11) is 0. The summed E-state index contributed by atoms with van der Waals surface area (Å²) in [4.78, 5) is 14.3. The summed E-state index contributed by atoms with van der Waals surface area (Å²) in [6.07, 6.45) is 6.13. The molecule has 0 saturated heterocycles. The number of amides is 2. The van der Waals surface area contributed by atoms with Gasteiger partial charge in [-0.3, -0.25) is 4.90 Å². The molecule has 3 rings (SSSR count). The molecular formula is C20H23FN2O. The zero-order chi connectivity index (χ0) is 16.8. The summed E-state index contributed by atoms with van der Waals surface area (Å²) < 4.78 is 13.6. The van der Waals surface area contributed by atoms with E-state index in [1.54, 1.807) is 12.1 Å². The topological polar surface area (TPSA) is 32.3 Å². The SMILES string of the molecule is O=C(NCC1CCCCC1)N(c1ccccc1)c1cccc(F)c1. The van der Waals surface area contributed by atoms with E-state index in [-0.39, 0.29) is 11.8 Å². The van der Waals surface area contributed by atoms with E-state index in [4.69, 9.17) is 0 Å². The number of hydrogen-bond donors (Lipinski definition) is 1. The Kier molecular flexibility index (Phi) is 5.47. The Morgan fingerprint density at radius 1 is 1.00 bits per heavy atom. The number of carbonyl (C=O) groups is 1. The first-order chi connectivity index (χ1) is 11.7. The molecular weight excluding hydrogens is 303 g/mol. The molecule has 24 heavy (non-hydrogen) atoms. The minimum atomic E-state index is -0.353. The largest absolute Gasteiger partial charge is 0.337 e. The van der Waals surface area contributed by atoms with Gasteiger partial charge in [0, 0.05) is 6.54 Å². The highest BCUT2D eigenvalue weighted by Crippen LogP contribution is 2.27. The summed E-state index contributed by atoms with van der Waals surface area (Å²) in [5, 5.41) is 3.03. The van der Waals surface area contributed by atoms with Crippen LogP contribution in [0, 0.1) is 11.7 Å². The molecule has 0 heterocycles. The number of rotatable bonds is 4. The molecule has 1 saturated carbocycles. The van der Waals surface area contributed by atoms with Gasteiger partial charge in [0.2, 0.25) is 0 Å². The fourth-order valence-corrected chi connectivity index (χ4v) is 3.28. The van der Waals surface area contributed by atoms with Gasteiger partial charge < -0.3 is 5.32 Å². The Morgan fingerprint density at radius 3 is 2.42 bits per heavy atom. The van der Waals surface area contributed by atoms with Crippen molar-refractivity contribution in [1.82, 2.24) is 5.32 Å². The third-order valence-electron chi connectivity index (χ3n) is 4.55. The first-order valence-corrected chi connectivity index (χ1v) is 8.62. The van der Waals surface area contributed by atoms with Crippen LogP contribution >= 0.6 is 0 Å². The van der Waals surface area contributed by atoms with E-state index in [0.717, 1.165) is 5.69 Å². The zero-order valence-electron chi connectivity index (χ0n) is 13.7. The zero-order valence-corrected chi connectivity index (χ0v) is 13.7. The van der Waals surface area contributed by atoms with Gasteiger partial charge in [0.15, 0.2) is 0 Å². The lowest BCUT2D eigenvalue weighted by atomic mass is 9.89. The van der Waals surface area contributed by atoms with Gasteiger partial charge in [-0.25, -0.2) is 9.18 Å². The van der Waals surface area contributed by atoms with Crippen molar-refractivity contribution in [2.24, 2.45) is 5.92 Å². The summed E-state index contributed by atoms with van der Waals surface area (Å²) in [6, 6.07) is 15.3. The molecule has 126 valence electrons. The van der Waals surface area contributed by atoms with Crippen molar-refractivity contribution < 1.29 is 9.18 Å². The maximum atomic E-state index is 13.6. The molecule has 0 unspecified atom stereocenters. The van der Waals surface area contributed by atoms with Crippen LogP contribution in [0.4, 0.5) is 20.6 Å². The van der Waals surface area contributed by atoms with Crippen molar-refractivity contribution in [3.05, 3.63) is 60.4 Å². The van der Waals surface area contributed by atoms with Crippen LogP contribution in [0.2, 0.25) is 0 Å². The molecule has 1 N–H and O–H groups in total. The average Bonchev–Trinajstić information content (AvgIpc) is 2.62. The number of anilines is 2. The summed E-state index contributed by atoms with van der Waals surface area (Å²) in [5.74, 6) is 0.196. The second kappa shape index (κ2) is 7.95. The van der Waals surface area contributed by atoms with Crippen LogP contribution in [0.1, 0.15) is 32.1 Å². The van der Waals surface area contributed by atoms with Gasteiger partial charge in [-0.15, -0.1) is 0 Å². The van der Waals surface area contributed by atoms with Crippen LogP contribution < -0.4 is 10.2 Å². The first kappa shape index (κ1) is 16.5. The van der Waals surface area contributed by atoms with Gasteiger partial charge in [-0.2, -0.15) is 0 Å². The number of nitrogens with zero attached hydrogens (tertiary/aromatic N) is 1. The van der Waals surface area contributed by atoms with Crippen LogP contribution in [-0.4, -0.2) is 12.6 Å². The lowest BCUT2D eigenvalue weighted by Gasteiger charge is -2.26.